The Morgan fingerprint density at radius 1 is 1.07 bits per heavy atom. The predicted molar refractivity (Wildman–Crippen MR) is 102 cm³/mol. The summed E-state index contributed by atoms with van der Waals surface area (Å²) in [5.41, 5.74) is -0.588. The number of pyridine rings is 1. The lowest BCUT2D eigenvalue weighted by molar-refractivity contribution is -0.145. The van der Waals surface area contributed by atoms with Gasteiger partial charge in [-0.3, -0.25) is 14.6 Å². The first-order chi connectivity index (χ1) is 13.0. The van der Waals surface area contributed by atoms with Gasteiger partial charge in [-0.15, -0.1) is 0 Å². The van der Waals surface area contributed by atoms with Crippen molar-refractivity contribution in [3.05, 3.63) is 76.9 Å². The highest BCUT2D eigenvalue weighted by molar-refractivity contribution is 6.30. The number of ketones is 1. The van der Waals surface area contributed by atoms with E-state index in [-0.39, 0.29) is 12.0 Å². The van der Waals surface area contributed by atoms with Crippen LogP contribution in [-0.2, 0) is 11.2 Å². The molecule has 0 amide bonds. The molecular weight excluding hydrogens is 364 g/mol. The van der Waals surface area contributed by atoms with Crippen LogP contribution in [0.5, 0.6) is 0 Å². The fourth-order valence-corrected chi connectivity index (χ4v) is 3.13. The lowest BCUT2D eigenvalue weighted by Gasteiger charge is -2.25. The summed E-state index contributed by atoms with van der Waals surface area (Å²) in [7, 11) is 0. The first-order valence-corrected chi connectivity index (χ1v) is 8.59. The summed E-state index contributed by atoms with van der Waals surface area (Å²) in [5.74, 6) is -1.98. The molecule has 0 spiro atoms. The number of halogens is 1. The second-order valence-electron chi connectivity index (χ2n) is 6.23. The van der Waals surface area contributed by atoms with Gasteiger partial charge in [0, 0.05) is 28.1 Å². The van der Waals surface area contributed by atoms with E-state index in [1.54, 1.807) is 6.07 Å². The normalized spacial score (nSPS) is 12.9. The van der Waals surface area contributed by atoms with Gasteiger partial charge in [0.2, 0.25) is 0 Å². The van der Waals surface area contributed by atoms with Crippen molar-refractivity contribution in [1.82, 2.24) is 4.98 Å². The average Bonchev–Trinajstić information content (AvgIpc) is 2.67. The maximum atomic E-state index is 13.1. The van der Waals surface area contributed by atoms with E-state index in [0.717, 1.165) is 5.39 Å². The van der Waals surface area contributed by atoms with Crippen LogP contribution in [0.2, 0.25) is 5.02 Å². The molecule has 2 aromatic carbocycles. The van der Waals surface area contributed by atoms with Crippen LogP contribution in [0.25, 0.3) is 10.9 Å². The van der Waals surface area contributed by atoms with Crippen LogP contribution >= 0.6 is 11.6 Å². The molecule has 27 heavy (non-hydrogen) atoms. The Bertz CT molecular complexity index is 1060. The number of aliphatic carboxylic acids is 1. The van der Waals surface area contributed by atoms with Crippen molar-refractivity contribution in [2.24, 2.45) is 5.41 Å². The number of Topliss-reactive ketones (excluding diaryl/α,β-unsaturated/α-hetero) is 1. The molecule has 0 aliphatic heterocycles. The monoisotopic (exact) mass is 378 g/mol. The second kappa shape index (κ2) is 7.56. The van der Waals surface area contributed by atoms with E-state index in [0.29, 0.717) is 16.2 Å². The highest BCUT2D eigenvalue weighted by Gasteiger charge is 2.47. The van der Waals surface area contributed by atoms with Gasteiger partial charge in [0.15, 0.2) is 5.78 Å². The molecule has 0 aliphatic rings. The Morgan fingerprint density at radius 2 is 1.78 bits per heavy atom. The standard InChI is InChI=1S/C21H15ClN2O3/c22-16-8-5-15(6-9-16)19(25)21(11-12-23,20(26)27)13-17-10-7-14-3-1-2-4-18(14)24-17/h1-10H,11,13H2,(H,26,27). The number of aromatic nitrogens is 1. The minimum Gasteiger partial charge on any atom is -0.480 e. The van der Waals surface area contributed by atoms with Crippen LogP contribution in [-0.4, -0.2) is 21.8 Å². The lowest BCUT2D eigenvalue weighted by atomic mass is 9.74. The number of fused-ring (bicyclic) bond motifs is 1. The van der Waals surface area contributed by atoms with Gasteiger partial charge in [-0.2, -0.15) is 5.26 Å². The lowest BCUT2D eigenvalue weighted by Crippen LogP contribution is -2.41. The predicted octanol–water partition coefficient (Wildman–Crippen LogP) is 4.30. The van der Waals surface area contributed by atoms with Gasteiger partial charge < -0.3 is 5.11 Å². The van der Waals surface area contributed by atoms with E-state index in [4.69, 9.17) is 11.6 Å². The number of rotatable bonds is 6. The molecule has 0 saturated carbocycles. The Hall–Kier alpha value is -3.23. The topological polar surface area (TPSA) is 91.1 Å². The Morgan fingerprint density at radius 3 is 2.44 bits per heavy atom. The first kappa shape index (κ1) is 18.6. The van der Waals surface area contributed by atoms with Gasteiger partial charge in [-0.05, 0) is 36.4 Å². The number of nitriles is 1. The van der Waals surface area contributed by atoms with Crippen molar-refractivity contribution >= 4 is 34.3 Å². The number of para-hydroxylation sites is 1. The van der Waals surface area contributed by atoms with Gasteiger partial charge in [-0.25, -0.2) is 0 Å². The van der Waals surface area contributed by atoms with Gasteiger partial charge in [-0.1, -0.05) is 35.9 Å². The number of carboxylic acid groups (broad SMARTS) is 1. The Balaban J connectivity index is 2.06. The van der Waals surface area contributed by atoms with Gasteiger partial charge >= 0.3 is 5.97 Å². The second-order valence-corrected chi connectivity index (χ2v) is 6.67. The van der Waals surface area contributed by atoms with E-state index < -0.39 is 23.6 Å². The molecule has 3 aromatic rings. The van der Waals surface area contributed by atoms with Gasteiger partial charge in [0.1, 0.15) is 5.41 Å². The van der Waals surface area contributed by atoms with Crippen molar-refractivity contribution in [1.29, 1.82) is 5.26 Å². The van der Waals surface area contributed by atoms with Gasteiger partial charge in [0.25, 0.3) is 0 Å². The zero-order valence-corrected chi connectivity index (χ0v) is 15.0. The molecule has 0 radical (unpaired) electrons. The minimum absolute atomic E-state index is 0.178. The number of carbonyl (C=O) groups excluding carboxylic acids is 1. The fraction of sp³-hybridized carbons (Fsp3) is 0.143. The Labute approximate surface area is 160 Å². The zero-order chi connectivity index (χ0) is 19.4. The van der Waals surface area contributed by atoms with Crippen LogP contribution in [0.1, 0.15) is 22.5 Å². The van der Waals surface area contributed by atoms with Crippen molar-refractivity contribution in [2.45, 2.75) is 12.8 Å². The molecular formula is C21H15ClN2O3. The summed E-state index contributed by atoms with van der Waals surface area (Å²) in [5, 5.41) is 20.5. The summed E-state index contributed by atoms with van der Waals surface area (Å²) in [6.07, 6.45) is -0.638. The quantitative estimate of drug-likeness (QED) is 0.510. The van der Waals surface area contributed by atoms with Crippen LogP contribution in [0.3, 0.4) is 0 Å². The van der Waals surface area contributed by atoms with E-state index in [9.17, 15) is 20.0 Å². The van der Waals surface area contributed by atoms with Crippen LogP contribution in [0.4, 0.5) is 0 Å². The number of carbonyl (C=O) groups is 2. The fourth-order valence-electron chi connectivity index (χ4n) is 3.00. The third kappa shape index (κ3) is 3.67. The number of carboxylic acids is 1. The molecule has 1 aromatic heterocycles. The largest absolute Gasteiger partial charge is 0.480 e. The summed E-state index contributed by atoms with van der Waals surface area (Å²) < 4.78 is 0. The maximum Gasteiger partial charge on any atom is 0.319 e. The summed E-state index contributed by atoms with van der Waals surface area (Å²) >= 11 is 5.85. The molecule has 0 fully saturated rings. The summed E-state index contributed by atoms with van der Waals surface area (Å²) in [6.45, 7) is 0. The Kier molecular flexibility index (Phi) is 5.20. The first-order valence-electron chi connectivity index (χ1n) is 8.22. The number of hydrogen-bond acceptors (Lipinski definition) is 4. The molecule has 5 nitrogen and oxygen atoms in total. The number of benzene rings is 2. The van der Waals surface area contributed by atoms with Gasteiger partial charge in [0.05, 0.1) is 18.0 Å². The van der Waals surface area contributed by atoms with E-state index in [1.807, 2.05) is 36.4 Å². The van der Waals surface area contributed by atoms with E-state index in [1.165, 1.54) is 24.3 Å². The minimum atomic E-state index is -1.92. The number of hydrogen-bond donors (Lipinski definition) is 1. The smallest absolute Gasteiger partial charge is 0.319 e. The van der Waals surface area contributed by atoms with Crippen molar-refractivity contribution in [3.63, 3.8) is 0 Å². The SMILES string of the molecule is N#CCC(Cc1ccc2ccccc2n1)(C(=O)O)C(=O)c1ccc(Cl)cc1. The van der Waals surface area contributed by atoms with Crippen molar-refractivity contribution in [3.8, 4) is 6.07 Å². The molecule has 0 bridgehead atoms. The summed E-state index contributed by atoms with van der Waals surface area (Å²) in [4.78, 5) is 29.7. The highest BCUT2D eigenvalue weighted by atomic mass is 35.5. The average molecular weight is 379 g/mol. The van der Waals surface area contributed by atoms with Crippen molar-refractivity contribution < 1.29 is 14.7 Å². The molecule has 0 aliphatic carbocycles. The number of nitrogens with zero attached hydrogens (tertiary/aromatic N) is 2. The molecule has 1 N–H and O–H groups in total. The molecule has 1 unspecified atom stereocenters. The molecule has 0 saturated heterocycles. The van der Waals surface area contributed by atoms with Crippen LogP contribution in [0.15, 0.2) is 60.7 Å². The third-order valence-corrected chi connectivity index (χ3v) is 4.72. The third-order valence-electron chi connectivity index (χ3n) is 4.47. The zero-order valence-electron chi connectivity index (χ0n) is 14.2. The molecule has 6 heteroatoms. The van der Waals surface area contributed by atoms with E-state index >= 15 is 0 Å². The molecule has 1 atom stereocenters. The van der Waals surface area contributed by atoms with E-state index in [2.05, 4.69) is 4.98 Å². The molecule has 1 heterocycles. The van der Waals surface area contributed by atoms with Crippen LogP contribution < -0.4 is 0 Å². The van der Waals surface area contributed by atoms with Crippen LogP contribution in [0, 0.1) is 16.7 Å². The highest BCUT2D eigenvalue weighted by Crippen LogP contribution is 2.32. The molecule has 134 valence electrons. The maximum absolute atomic E-state index is 13.1. The van der Waals surface area contributed by atoms with Crippen molar-refractivity contribution in [2.75, 3.05) is 0 Å². The summed E-state index contributed by atoms with van der Waals surface area (Å²) in [6, 6.07) is 18.7. The molecule has 3 rings (SSSR count).